The molecule has 5 nitrogen and oxygen atoms in total. The van der Waals surface area contributed by atoms with Gasteiger partial charge in [0.05, 0.1) is 18.2 Å². The highest BCUT2D eigenvalue weighted by Gasteiger charge is 2.08. The highest BCUT2D eigenvalue weighted by Crippen LogP contribution is 2.23. The number of halogens is 1. The molecule has 0 saturated heterocycles. The molecule has 0 radical (unpaired) electrons. The van der Waals surface area contributed by atoms with E-state index < -0.39 is 5.82 Å². The topological polar surface area (TPSA) is 77.0 Å². The molecule has 2 rings (SSSR count). The molecule has 7 heteroatoms. The summed E-state index contributed by atoms with van der Waals surface area (Å²) in [5.74, 6) is 6.10. The number of rotatable bonds is 4. The smallest absolute Gasteiger partial charge is 0.238 e. The molecule has 0 aromatic carbocycles. The first-order valence-electron chi connectivity index (χ1n) is 4.44. The van der Waals surface area contributed by atoms with Crippen LogP contribution in [0.1, 0.15) is 5.76 Å². The van der Waals surface area contributed by atoms with E-state index in [2.05, 4.69) is 15.4 Å². The van der Waals surface area contributed by atoms with Gasteiger partial charge in [0.15, 0.2) is 5.82 Å². The minimum atomic E-state index is -0.476. The maximum atomic E-state index is 13.3. The second-order valence-electron chi connectivity index (χ2n) is 2.86. The maximum absolute atomic E-state index is 13.3. The minimum Gasteiger partial charge on any atom is -0.468 e. The van der Waals surface area contributed by atoms with Gasteiger partial charge >= 0.3 is 0 Å². The average molecular weight is 240 g/mol. The lowest BCUT2D eigenvalue weighted by Gasteiger charge is -2.02. The van der Waals surface area contributed by atoms with Crippen LogP contribution >= 0.6 is 11.8 Å². The van der Waals surface area contributed by atoms with Crippen LogP contribution in [-0.2, 0) is 5.75 Å². The quantitative estimate of drug-likeness (QED) is 0.367. The molecule has 0 unspecified atom stereocenters. The van der Waals surface area contributed by atoms with Crippen molar-refractivity contribution in [1.82, 2.24) is 9.97 Å². The number of thioether (sulfide) groups is 1. The van der Waals surface area contributed by atoms with E-state index >= 15 is 0 Å². The predicted octanol–water partition coefficient (Wildman–Crippen LogP) is 1.79. The Balaban J connectivity index is 2.08. The molecule has 2 aromatic heterocycles. The van der Waals surface area contributed by atoms with E-state index in [0.29, 0.717) is 5.75 Å². The van der Waals surface area contributed by atoms with Crippen LogP contribution in [0.15, 0.2) is 34.0 Å². The lowest BCUT2D eigenvalue weighted by Crippen LogP contribution is -2.11. The third-order valence-electron chi connectivity index (χ3n) is 1.77. The van der Waals surface area contributed by atoms with Gasteiger partial charge in [-0.15, -0.1) is 0 Å². The first-order chi connectivity index (χ1) is 7.79. The highest BCUT2D eigenvalue weighted by atomic mass is 32.2. The van der Waals surface area contributed by atoms with Crippen molar-refractivity contribution in [3.8, 4) is 0 Å². The van der Waals surface area contributed by atoms with Gasteiger partial charge in [-0.25, -0.2) is 20.2 Å². The van der Waals surface area contributed by atoms with Gasteiger partial charge in [0.1, 0.15) is 10.8 Å². The molecule has 3 N–H and O–H groups in total. The van der Waals surface area contributed by atoms with E-state index in [0.717, 1.165) is 12.0 Å². The predicted molar refractivity (Wildman–Crippen MR) is 58.1 cm³/mol. The second kappa shape index (κ2) is 4.95. The number of aromatic nitrogens is 2. The Morgan fingerprint density at radius 3 is 3.12 bits per heavy atom. The normalized spacial score (nSPS) is 10.4. The third kappa shape index (κ3) is 2.50. The van der Waals surface area contributed by atoms with E-state index in [-0.39, 0.29) is 11.0 Å². The van der Waals surface area contributed by atoms with Gasteiger partial charge in [0.2, 0.25) is 5.95 Å². The fraction of sp³-hybridized carbons (Fsp3) is 0.111. The summed E-state index contributed by atoms with van der Waals surface area (Å²) in [6.07, 6.45) is 2.64. The first-order valence-corrected chi connectivity index (χ1v) is 5.42. The summed E-state index contributed by atoms with van der Waals surface area (Å²) in [6.45, 7) is 0. The number of nitrogens with two attached hydrogens (primary N) is 1. The number of anilines is 1. The molecule has 84 valence electrons. The van der Waals surface area contributed by atoms with Gasteiger partial charge in [-0.1, -0.05) is 11.8 Å². The van der Waals surface area contributed by atoms with Crippen molar-refractivity contribution < 1.29 is 8.81 Å². The van der Waals surface area contributed by atoms with Crippen molar-refractivity contribution in [1.29, 1.82) is 0 Å². The SMILES string of the molecule is NNc1ncc(F)c(SCc2ccco2)n1. The van der Waals surface area contributed by atoms with E-state index in [1.54, 1.807) is 12.3 Å². The number of hydrogen-bond donors (Lipinski definition) is 2. The van der Waals surface area contributed by atoms with E-state index in [1.807, 2.05) is 6.07 Å². The molecule has 0 fully saturated rings. The van der Waals surface area contributed by atoms with Crippen LogP contribution < -0.4 is 11.3 Å². The monoisotopic (exact) mass is 240 g/mol. The van der Waals surface area contributed by atoms with Crippen molar-refractivity contribution in [3.05, 3.63) is 36.2 Å². The van der Waals surface area contributed by atoms with Crippen LogP contribution in [0, 0.1) is 5.82 Å². The summed E-state index contributed by atoms with van der Waals surface area (Å²) < 4.78 is 18.4. The number of hydrazine groups is 1. The van der Waals surface area contributed by atoms with E-state index in [4.69, 9.17) is 10.3 Å². The Hall–Kier alpha value is -1.60. The third-order valence-corrected chi connectivity index (χ3v) is 2.76. The molecule has 16 heavy (non-hydrogen) atoms. The molecule has 2 heterocycles. The standard InChI is InChI=1S/C9H9FN4OS/c10-7-4-12-9(14-11)13-8(7)16-5-6-2-1-3-15-6/h1-4H,5,11H2,(H,12,13,14). The zero-order valence-corrected chi connectivity index (χ0v) is 9.00. The Labute approximate surface area is 95.2 Å². The van der Waals surface area contributed by atoms with Crippen LogP contribution in [0.2, 0.25) is 0 Å². The summed E-state index contributed by atoms with van der Waals surface area (Å²) >= 11 is 1.22. The van der Waals surface area contributed by atoms with Crippen LogP contribution in [0.3, 0.4) is 0 Å². The maximum Gasteiger partial charge on any atom is 0.238 e. The molecular weight excluding hydrogens is 231 g/mol. The summed E-state index contributed by atoms with van der Waals surface area (Å²) in [5.41, 5.74) is 2.26. The molecule has 0 amide bonds. The van der Waals surface area contributed by atoms with Crippen LogP contribution in [-0.4, -0.2) is 9.97 Å². The van der Waals surface area contributed by atoms with Gasteiger partial charge in [-0.2, -0.15) is 0 Å². The van der Waals surface area contributed by atoms with Crippen molar-refractivity contribution in [3.63, 3.8) is 0 Å². The molecular formula is C9H9FN4OS. The van der Waals surface area contributed by atoms with Crippen molar-refractivity contribution >= 4 is 17.7 Å². The Morgan fingerprint density at radius 2 is 2.44 bits per heavy atom. The Bertz CT molecular complexity index is 463. The largest absolute Gasteiger partial charge is 0.468 e. The number of nitrogens with one attached hydrogen (secondary N) is 1. The minimum absolute atomic E-state index is 0.184. The summed E-state index contributed by atoms with van der Waals surface area (Å²) in [6, 6.07) is 3.59. The van der Waals surface area contributed by atoms with Crippen molar-refractivity contribution in [2.75, 3.05) is 5.43 Å². The lowest BCUT2D eigenvalue weighted by atomic mass is 10.5. The second-order valence-corrected chi connectivity index (χ2v) is 3.82. The summed E-state index contributed by atoms with van der Waals surface area (Å²) in [4.78, 5) is 7.53. The van der Waals surface area contributed by atoms with Gasteiger partial charge in [-0.3, -0.25) is 5.43 Å². The van der Waals surface area contributed by atoms with Gasteiger partial charge in [-0.05, 0) is 12.1 Å². The fourth-order valence-electron chi connectivity index (χ4n) is 1.06. The molecule has 0 spiro atoms. The zero-order chi connectivity index (χ0) is 11.4. The van der Waals surface area contributed by atoms with Gasteiger partial charge in [0, 0.05) is 0 Å². The Morgan fingerprint density at radius 1 is 1.56 bits per heavy atom. The molecule has 0 bridgehead atoms. The zero-order valence-electron chi connectivity index (χ0n) is 8.18. The molecule has 2 aromatic rings. The fourth-order valence-corrected chi connectivity index (χ4v) is 1.84. The molecule has 0 aliphatic rings. The molecule has 0 aliphatic heterocycles. The Kier molecular flexibility index (Phi) is 3.37. The molecule has 0 atom stereocenters. The molecule has 0 saturated carbocycles. The van der Waals surface area contributed by atoms with E-state index in [1.165, 1.54) is 11.8 Å². The summed E-state index contributed by atoms with van der Waals surface area (Å²) in [7, 11) is 0. The van der Waals surface area contributed by atoms with E-state index in [9.17, 15) is 4.39 Å². The van der Waals surface area contributed by atoms with Crippen molar-refractivity contribution in [2.45, 2.75) is 10.8 Å². The van der Waals surface area contributed by atoms with Gasteiger partial charge < -0.3 is 4.42 Å². The van der Waals surface area contributed by atoms with Crippen LogP contribution in [0.5, 0.6) is 0 Å². The number of hydrogen-bond acceptors (Lipinski definition) is 6. The lowest BCUT2D eigenvalue weighted by molar-refractivity contribution is 0.529. The summed E-state index contributed by atoms with van der Waals surface area (Å²) in [5, 5.41) is 0.236. The van der Waals surface area contributed by atoms with Crippen LogP contribution in [0.4, 0.5) is 10.3 Å². The number of nitrogen functional groups attached to an aromatic ring is 1. The average Bonchev–Trinajstić information content (AvgIpc) is 2.81. The first kappa shape index (κ1) is 10.9. The number of nitrogens with zero attached hydrogens (tertiary/aromatic N) is 2. The number of furan rings is 1. The van der Waals surface area contributed by atoms with Crippen molar-refractivity contribution in [2.24, 2.45) is 5.84 Å². The highest BCUT2D eigenvalue weighted by molar-refractivity contribution is 7.98. The van der Waals surface area contributed by atoms with Gasteiger partial charge in [0.25, 0.3) is 0 Å². The van der Waals surface area contributed by atoms with Crippen LogP contribution in [0.25, 0.3) is 0 Å². The molecule has 0 aliphatic carbocycles.